The number of aromatic nitrogens is 1. The Bertz CT molecular complexity index is 861. The van der Waals surface area contributed by atoms with Crippen LogP contribution in [-0.2, 0) is 16.0 Å². The monoisotopic (exact) mass is 401 g/mol. The number of aliphatic hydroxyl groups is 1. The number of hydrogen-bond acceptors (Lipinski definition) is 4. The molecule has 0 spiro atoms. The summed E-state index contributed by atoms with van der Waals surface area (Å²) in [7, 11) is 3.77. The van der Waals surface area contributed by atoms with Crippen LogP contribution in [0.5, 0.6) is 0 Å². The molecule has 29 heavy (non-hydrogen) atoms. The third-order valence-corrected chi connectivity index (χ3v) is 6.40. The van der Waals surface area contributed by atoms with Gasteiger partial charge < -0.3 is 24.6 Å². The van der Waals surface area contributed by atoms with Gasteiger partial charge in [-0.2, -0.15) is 0 Å². The Hall–Kier alpha value is -1.89. The molecule has 2 aromatic rings. The summed E-state index contributed by atoms with van der Waals surface area (Å²) in [5, 5.41) is 11.0. The van der Waals surface area contributed by atoms with Gasteiger partial charge in [-0.15, -0.1) is 0 Å². The second-order valence-electron chi connectivity index (χ2n) is 8.61. The highest BCUT2D eigenvalue weighted by Crippen LogP contribution is 2.30. The number of fused-ring (bicyclic) bond motifs is 1. The fourth-order valence-electron chi connectivity index (χ4n) is 4.59. The summed E-state index contributed by atoms with van der Waals surface area (Å²) in [5.74, 6) is 0.575. The van der Waals surface area contributed by atoms with E-state index in [1.165, 1.54) is 16.5 Å². The Balaban J connectivity index is 1.72. The van der Waals surface area contributed by atoms with E-state index in [2.05, 4.69) is 49.8 Å². The molecule has 1 amide bonds. The number of methoxy groups -OCH3 is 1. The number of rotatable bonds is 8. The molecule has 2 unspecified atom stereocenters. The molecule has 1 aliphatic rings. The van der Waals surface area contributed by atoms with Gasteiger partial charge in [0.25, 0.3) is 0 Å². The van der Waals surface area contributed by atoms with Crippen molar-refractivity contribution in [3.05, 3.63) is 34.5 Å². The van der Waals surface area contributed by atoms with Crippen LogP contribution in [0.1, 0.15) is 22.4 Å². The van der Waals surface area contributed by atoms with Crippen molar-refractivity contribution in [2.24, 2.45) is 11.8 Å². The fraction of sp³-hybridized carbons (Fsp3) is 0.609. The molecule has 0 saturated carbocycles. The summed E-state index contributed by atoms with van der Waals surface area (Å²) < 4.78 is 5.15. The zero-order valence-corrected chi connectivity index (χ0v) is 18.4. The zero-order valence-electron chi connectivity index (χ0n) is 18.4. The highest BCUT2D eigenvalue weighted by Gasteiger charge is 2.35. The molecule has 3 rings (SSSR count). The lowest BCUT2D eigenvalue weighted by molar-refractivity contribution is -0.129. The van der Waals surface area contributed by atoms with Crippen LogP contribution in [0.4, 0.5) is 0 Å². The Morgan fingerprint density at radius 3 is 2.62 bits per heavy atom. The van der Waals surface area contributed by atoms with Crippen LogP contribution in [0.2, 0.25) is 0 Å². The minimum Gasteiger partial charge on any atom is -0.396 e. The van der Waals surface area contributed by atoms with Gasteiger partial charge >= 0.3 is 0 Å². The molecular formula is C23H35N3O3. The van der Waals surface area contributed by atoms with E-state index < -0.39 is 0 Å². The van der Waals surface area contributed by atoms with Gasteiger partial charge in [-0.3, -0.25) is 4.79 Å². The van der Waals surface area contributed by atoms with Crippen molar-refractivity contribution in [1.82, 2.24) is 14.8 Å². The predicted octanol–water partition coefficient (Wildman–Crippen LogP) is 2.28. The summed E-state index contributed by atoms with van der Waals surface area (Å²) >= 11 is 0. The number of carbonyl (C=O) groups is 1. The summed E-state index contributed by atoms with van der Waals surface area (Å²) in [6.07, 6.45) is 0.403. The molecule has 1 aliphatic heterocycles. The largest absolute Gasteiger partial charge is 0.396 e. The number of carbonyl (C=O) groups excluding carboxylic acids is 1. The molecule has 0 radical (unpaired) electrons. The maximum atomic E-state index is 13.2. The van der Waals surface area contributed by atoms with Gasteiger partial charge in [-0.25, -0.2) is 0 Å². The second-order valence-corrected chi connectivity index (χ2v) is 8.61. The molecule has 0 aliphatic carbocycles. The van der Waals surface area contributed by atoms with Crippen LogP contribution in [0.3, 0.4) is 0 Å². The van der Waals surface area contributed by atoms with Crippen LogP contribution in [-0.4, -0.2) is 79.3 Å². The first kappa shape index (κ1) is 21.8. The Labute approximate surface area is 173 Å². The lowest BCUT2D eigenvalue weighted by atomic mass is 9.96. The molecule has 0 bridgehead atoms. The van der Waals surface area contributed by atoms with E-state index in [4.69, 9.17) is 4.74 Å². The van der Waals surface area contributed by atoms with Crippen molar-refractivity contribution in [3.63, 3.8) is 0 Å². The normalized spacial score (nSPS) is 19.6. The maximum Gasteiger partial charge on any atom is 0.227 e. The van der Waals surface area contributed by atoms with Crippen LogP contribution in [0.25, 0.3) is 10.9 Å². The van der Waals surface area contributed by atoms with Crippen molar-refractivity contribution in [2.75, 3.05) is 53.6 Å². The summed E-state index contributed by atoms with van der Waals surface area (Å²) in [6.45, 7) is 10.1. The van der Waals surface area contributed by atoms with Crippen molar-refractivity contribution in [2.45, 2.75) is 27.2 Å². The number of ether oxygens (including phenoxy) is 1. The number of amides is 1. The third-order valence-electron chi connectivity index (χ3n) is 6.40. The van der Waals surface area contributed by atoms with Crippen molar-refractivity contribution in [3.8, 4) is 0 Å². The molecule has 6 heteroatoms. The number of likely N-dealkylation sites (tertiary alicyclic amines) is 1. The molecule has 6 nitrogen and oxygen atoms in total. The van der Waals surface area contributed by atoms with Crippen LogP contribution >= 0.6 is 0 Å². The van der Waals surface area contributed by atoms with Gasteiger partial charge in [-0.05, 0) is 50.4 Å². The van der Waals surface area contributed by atoms with Crippen molar-refractivity contribution < 1.29 is 14.6 Å². The molecular weight excluding hydrogens is 366 g/mol. The Morgan fingerprint density at radius 1 is 1.24 bits per heavy atom. The van der Waals surface area contributed by atoms with Crippen molar-refractivity contribution in [1.29, 1.82) is 0 Å². The number of aryl methyl sites for hydroxylation is 3. The SMILES string of the molecule is COCCN(C)CC1CN(C(=O)Cc2c(C)[nH]c3c(C)ccc(C)c23)CC1CO. The van der Waals surface area contributed by atoms with E-state index in [9.17, 15) is 9.90 Å². The number of aromatic amines is 1. The molecule has 2 heterocycles. The van der Waals surface area contributed by atoms with E-state index in [-0.39, 0.29) is 18.4 Å². The number of aliphatic hydroxyl groups excluding tert-OH is 1. The van der Waals surface area contributed by atoms with Gasteiger partial charge in [0.1, 0.15) is 0 Å². The van der Waals surface area contributed by atoms with Gasteiger partial charge in [-0.1, -0.05) is 12.1 Å². The summed E-state index contributed by atoms with van der Waals surface area (Å²) in [4.78, 5) is 20.8. The Morgan fingerprint density at radius 2 is 1.93 bits per heavy atom. The molecule has 1 aromatic carbocycles. The smallest absolute Gasteiger partial charge is 0.227 e. The van der Waals surface area contributed by atoms with Gasteiger partial charge in [0.15, 0.2) is 0 Å². The highest BCUT2D eigenvalue weighted by atomic mass is 16.5. The lowest BCUT2D eigenvalue weighted by Gasteiger charge is -2.23. The van der Waals surface area contributed by atoms with E-state index >= 15 is 0 Å². The fourth-order valence-corrected chi connectivity index (χ4v) is 4.59. The molecule has 1 aromatic heterocycles. The summed E-state index contributed by atoms with van der Waals surface area (Å²) in [6, 6.07) is 4.25. The van der Waals surface area contributed by atoms with Crippen LogP contribution in [0.15, 0.2) is 12.1 Å². The molecule has 1 saturated heterocycles. The summed E-state index contributed by atoms with van der Waals surface area (Å²) in [5.41, 5.74) is 5.71. The van der Waals surface area contributed by atoms with Crippen molar-refractivity contribution >= 4 is 16.8 Å². The number of benzene rings is 1. The standard InChI is InChI=1S/C23H35N3O3/c1-15-6-7-16(2)23-22(15)20(17(3)24-23)10-21(28)26-12-18(19(13-26)14-27)11-25(4)8-9-29-5/h6-7,18-19,24,27H,8-14H2,1-5H3. The van der Waals surface area contributed by atoms with E-state index in [0.717, 1.165) is 29.9 Å². The highest BCUT2D eigenvalue weighted by molar-refractivity contribution is 5.94. The van der Waals surface area contributed by atoms with Gasteiger partial charge in [0.05, 0.1) is 13.0 Å². The number of likely N-dealkylation sites (N-methyl/N-ethyl adjacent to an activating group) is 1. The molecule has 2 N–H and O–H groups in total. The molecule has 1 fully saturated rings. The number of H-pyrrole nitrogens is 1. The van der Waals surface area contributed by atoms with Gasteiger partial charge in [0, 0.05) is 62.4 Å². The zero-order chi connectivity index (χ0) is 21.1. The van der Waals surface area contributed by atoms with E-state index in [1.54, 1.807) is 7.11 Å². The molecule has 160 valence electrons. The predicted molar refractivity (Wildman–Crippen MR) is 116 cm³/mol. The first-order valence-electron chi connectivity index (χ1n) is 10.5. The third kappa shape index (κ3) is 4.65. The average molecular weight is 402 g/mol. The van der Waals surface area contributed by atoms with Crippen LogP contribution < -0.4 is 0 Å². The number of nitrogens with one attached hydrogen (secondary N) is 1. The second kappa shape index (κ2) is 9.28. The number of hydrogen-bond donors (Lipinski definition) is 2. The maximum absolute atomic E-state index is 13.2. The molecule has 2 atom stereocenters. The first-order valence-corrected chi connectivity index (χ1v) is 10.5. The minimum atomic E-state index is 0.122. The topological polar surface area (TPSA) is 68.8 Å². The van der Waals surface area contributed by atoms with E-state index in [1.807, 2.05) is 4.90 Å². The van der Waals surface area contributed by atoms with Crippen LogP contribution in [0, 0.1) is 32.6 Å². The minimum absolute atomic E-state index is 0.122. The first-order chi connectivity index (χ1) is 13.8. The number of nitrogens with zero attached hydrogens (tertiary/aromatic N) is 2. The Kier molecular flexibility index (Phi) is 6.98. The lowest BCUT2D eigenvalue weighted by Crippen LogP contribution is -2.34. The van der Waals surface area contributed by atoms with E-state index in [0.29, 0.717) is 32.0 Å². The quantitative estimate of drug-likeness (QED) is 0.712. The van der Waals surface area contributed by atoms with Gasteiger partial charge in [0.2, 0.25) is 5.91 Å². The average Bonchev–Trinajstić information content (AvgIpc) is 3.25.